The summed E-state index contributed by atoms with van der Waals surface area (Å²) < 4.78 is 4.47. The van der Waals surface area contributed by atoms with Crippen LogP contribution >= 0.6 is 8.73 Å². The molecular formula is C17H35N4P. The van der Waals surface area contributed by atoms with Crippen LogP contribution in [0.3, 0.4) is 0 Å². The van der Waals surface area contributed by atoms with E-state index in [2.05, 4.69) is 49.2 Å². The van der Waals surface area contributed by atoms with E-state index in [0.29, 0.717) is 14.8 Å². The monoisotopic (exact) mass is 326 g/mol. The Labute approximate surface area is 139 Å². The van der Waals surface area contributed by atoms with E-state index in [9.17, 15) is 5.26 Å². The first-order chi connectivity index (χ1) is 10.7. The van der Waals surface area contributed by atoms with E-state index in [-0.39, 0.29) is 12.1 Å². The molecule has 0 radical (unpaired) electrons. The molecule has 0 spiro atoms. The molecule has 0 rings (SSSR count). The third-order valence-corrected chi connectivity index (χ3v) is 4.68. The van der Waals surface area contributed by atoms with Gasteiger partial charge >= 0.3 is 0 Å². The summed E-state index contributed by atoms with van der Waals surface area (Å²) >= 11 is 0. The van der Waals surface area contributed by atoms with Crippen molar-refractivity contribution < 1.29 is 0 Å². The Morgan fingerprint density at radius 2 is 1.91 bits per heavy atom. The standard InChI is InChI=1S/C17H35N4P/c1-5-9-10-11-22-20-14-15(13-18)12-17(19-8-4)21-16(6-2)7-3/h14-17,19,21-22H,5-12H2,1-4H3. The fourth-order valence-corrected chi connectivity index (χ4v) is 3.15. The molecular weight excluding hydrogens is 291 g/mol. The lowest BCUT2D eigenvalue weighted by atomic mass is 10.1. The number of rotatable bonds is 14. The van der Waals surface area contributed by atoms with Crippen LogP contribution in [0.4, 0.5) is 0 Å². The summed E-state index contributed by atoms with van der Waals surface area (Å²) in [4.78, 5) is 0. The molecule has 0 aromatic carbocycles. The van der Waals surface area contributed by atoms with Gasteiger partial charge < -0.3 is 5.32 Å². The second-order valence-electron chi connectivity index (χ2n) is 5.66. The summed E-state index contributed by atoms with van der Waals surface area (Å²) in [6, 6.07) is 2.89. The number of nitrogens with zero attached hydrogens (tertiary/aromatic N) is 2. The molecule has 0 aliphatic heterocycles. The first-order valence-corrected chi connectivity index (χ1v) is 10.0. The maximum absolute atomic E-state index is 9.34. The predicted molar refractivity (Wildman–Crippen MR) is 99.9 cm³/mol. The van der Waals surface area contributed by atoms with Crippen LogP contribution in [0.5, 0.6) is 0 Å². The summed E-state index contributed by atoms with van der Waals surface area (Å²) in [6.45, 7) is 9.62. The predicted octanol–water partition coefficient (Wildman–Crippen LogP) is 4.08. The molecule has 5 heteroatoms. The zero-order valence-corrected chi connectivity index (χ0v) is 15.9. The highest BCUT2D eigenvalue weighted by atomic mass is 31.1. The summed E-state index contributed by atoms with van der Waals surface area (Å²) in [5.74, 6) is -0.107. The van der Waals surface area contributed by atoms with Crippen LogP contribution < -0.4 is 10.6 Å². The average molecular weight is 326 g/mol. The van der Waals surface area contributed by atoms with Crippen molar-refractivity contribution in [3.8, 4) is 6.07 Å². The topological polar surface area (TPSA) is 60.2 Å². The highest BCUT2D eigenvalue weighted by Crippen LogP contribution is 2.15. The molecule has 3 atom stereocenters. The van der Waals surface area contributed by atoms with Crippen LogP contribution in [-0.2, 0) is 0 Å². The first-order valence-electron chi connectivity index (χ1n) is 8.86. The Kier molecular flexibility index (Phi) is 15.1. The van der Waals surface area contributed by atoms with Crippen molar-refractivity contribution in [1.82, 2.24) is 10.6 Å². The molecule has 128 valence electrons. The highest BCUT2D eigenvalue weighted by Gasteiger charge is 2.16. The van der Waals surface area contributed by atoms with Gasteiger partial charge in [-0.05, 0) is 38.4 Å². The van der Waals surface area contributed by atoms with Gasteiger partial charge in [0.1, 0.15) is 0 Å². The third-order valence-electron chi connectivity index (χ3n) is 3.77. The van der Waals surface area contributed by atoms with Crippen LogP contribution in [-0.4, -0.2) is 31.1 Å². The van der Waals surface area contributed by atoms with Gasteiger partial charge in [-0.15, -0.1) is 0 Å². The number of hydrogen-bond donors (Lipinski definition) is 2. The Bertz CT molecular complexity index is 310. The van der Waals surface area contributed by atoms with Crippen LogP contribution in [0.2, 0.25) is 0 Å². The van der Waals surface area contributed by atoms with Crippen molar-refractivity contribution in [1.29, 1.82) is 5.26 Å². The normalized spacial score (nSPS) is 14.9. The molecule has 0 saturated carbocycles. The third kappa shape index (κ3) is 11.1. The van der Waals surface area contributed by atoms with Crippen molar-refractivity contribution >= 4 is 14.9 Å². The second-order valence-corrected chi connectivity index (χ2v) is 6.73. The molecule has 0 saturated heterocycles. The first kappa shape index (κ1) is 21.5. The van der Waals surface area contributed by atoms with Gasteiger partial charge in [0.25, 0.3) is 0 Å². The molecule has 0 aliphatic rings. The van der Waals surface area contributed by atoms with E-state index in [1.54, 1.807) is 0 Å². The number of unbranched alkanes of at least 4 members (excludes halogenated alkanes) is 2. The van der Waals surface area contributed by atoms with Crippen molar-refractivity contribution in [3.05, 3.63) is 0 Å². The molecule has 0 amide bonds. The minimum atomic E-state index is -0.107. The molecule has 22 heavy (non-hydrogen) atoms. The SMILES string of the molecule is CCCCCPN=CC(C#N)CC(NCC)NC(CC)CC. The van der Waals surface area contributed by atoms with Gasteiger partial charge in [-0.3, -0.25) is 10.1 Å². The molecule has 0 bridgehead atoms. The van der Waals surface area contributed by atoms with Crippen molar-refractivity contribution in [3.63, 3.8) is 0 Å². The fourth-order valence-electron chi connectivity index (χ4n) is 2.33. The zero-order valence-electron chi connectivity index (χ0n) is 14.9. The van der Waals surface area contributed by atoms with E-state index < -0.39 is 0 Å². The summed E-state index contributed by atoms with van der Waals surface area (Å²) in [5.41, 5.74) is 0. The number of hydrogen-bond acceptors (Lipinski definition) is 4. The molecule has 0 fully saturated rings. The fraction of sp³-hybridized carbons (Fsp3) is 0.882. The van der Waals surface area contributed by atoms with Gasteiger partial charge in [0.2, 0.25) is 0 Å². The second kappa shape index (κ2) is 15.4. The van der Waals surface area contributed by atoms with Crippen LogP contribution in [0.1, 0.15) is 66.2 Å². The molecule has 0 aromatic rings. The maximum atomic E-state index is 9.34. The summed E-state index contributed by atoms with van der Waals surface area (Å²) in [7, 11) is 0.609. The number of nitriles is 1. The summed E-state index contributed by atoms with van der Waals surface area (Å²) in [6.07, 6.45) is 10.0. The zero-order chi connectivity index (χ0) is 16.6. The van der Waals surface area contributed by atoms with Crippen LogP contribution in [0.15, 0.2) is 4.76 Å². The molecule has 2 N–H and O–H groups in total. The van der Waals surface area contributed by atoms with E-state index >= 15 is 0 Å². The Morgan fingerprint density at radius 3 is 2.45 bits per heavy atom. The molecule has 4 nitrogen and oxygen atoms in total. The minimum absolute atomic E-state index is 0.107. The van der Waals surface area contributed by atoms with Crippen molar-refractivity contribution in [2.75, 3.05) is 12.7 Å². The van der Waals surface area contributed by atoms with E-state index in [1.807, 2.05) is 6.21 Å². The van der Waals surface area contributed by atoms with E-state index in [4.69, 9.17) is 0 Å². The van der Waals surface area contributed by atoms with Gasteiger partial charge in [0.05, 0.1) is 18.2 Å². The lowest BCUT2D eigenvalue weighted by molar-refractivity contribution is 0.338. The Balaban J connectivity index is 4.27. The van der Waals surface area contributed by atoms with Gasteiger partial charge in [-0.2, -0.15) is 5.26 Å². The minimum Gasteiger partial charge on any atom is -0.302 e. The molecule has 0 aliphatic carbocycles. The Morgan fingerprint density at radius 1 is 1.18 bits per heavy atom. The molecule has 0 aromatic heterocycles. The number of nitrogens with one attached hydrogen (secondary N) is 2. The van der Waals surface area contributed by atoms with Crippen molar-refractivity contribution in [2.24, 2.45) is 10.7 Å². The lowest BCUT2D eigenvalue weighted by Crippen LogP contribution is -2.48. The smallest absolute Gasteiger partial charge is 0.0841 e. The van der Waals surface area contributed by atoms with E-state index in [1.165, 1.54) is 19.3 Å². The lowest BCUT2D eigenvalue weighted by Gasteiger charge is -2.25. The largest absolute Gasteiger partial charge is 0.302 e. The van der Waals surface area contributed by atoms with Gasteiger partial charge in [-0.1, -0.05) is 40.5 Å². The molecule has 3 unspecified atom stereocenters. The van der Waals surface area contributed by atoms with Gasteiger partial charge in [-0.25, -0.2) is 0 Å². The van der Waals surface area contributed by atoms with Crippen LogP contribution in [0, 0.1) is 17.2 Å². The highest BCUT2D eigenvalue weighted by molar-refractivity contribution is 7.36. The molecule has 0 heterocycles. The quantitative estimate of drug-likeness (QED) is 0.219. The Hall–Kier alpha value is -0.490. The van der Waals surface area contributed by atoms with Gasteiger partial charge in [0, 0.05) is 21.0 Å². The van der Waals surface area contributed by atoms with Gasteiger partial charge in [0.15, 0.2) is 0 Å². The maximum Gasteiger partial charge on any atom is 0.0841 e. The van der Waals surface area contributed by atoms with Crippen molar-refractivity contribution in [2.45, 2.75) is 78.4 Å². The average Bonchev–Trinajstić information content (AvgIpc) is 2.54. The summed E-state index contributed by atoms with van der Waals surface area (Å²) in [5, 5.41) is 16.4. The van der Waals surface area contributed by atoms with Crippen LogP contribution in [0.25, 0.3) is 0 Å². The van der Waals surface area contributed by atoms with E-state index in [0.717, 1.165) is 32.0 Å².